The molecule has 32 heavy (non-hydrogen) atoms. The maximum absolute atomic E-state index is 12.4. The number of nitrogens with zero attached hydrogens (tertiary/aromatic N) is 2. The summed E-state index contributed by atoms with van der Waals surface area (Å²) in [6, 6.07) is 2.91. The van der Waals surface area contributed by atoms with Crippen LogP contribution in [0.4, 0.5) is 18.9 Å². The fourth-order valence-corrected chi connectivity index (χ4v) is 3.51. The van der Waals surface area contributed by atoms with Crippen LogP contribution in [-0.2, 0) is 11.3 Å². The van der Waals surface area contributed by atoms with Gasteiger partial charge in [-0.25, -0.2) is 0 Å². The molecule has 2 amide bonds. The molecule has 2 aromatic rings. The Morgan fingerprint density at radius 3 is 2.75 bits per heavy atom. The molecule has 0 spiro atoms. The first-order valence-electron chi connectivity index (χ1n) is 9.88. The molecule has 9 nitrogen and oxygen atoms in total. The Bertz CT molecular complexity index is 973. The maximum Gasteiger partial charge on any atom is 0.573 e. The van der Waals surface area contributed by atoms with Gasteiger partial charge in [0.1, 0.15) is 11.5 Å². The number of nitrogen functional groups attached to an aromatic ring is 1. The van der Waals surface area contributed by atoms with Crippen LogP contribution in [-0.4, -0.2) is 53.9 Å². The number of aromatic nitrogens is 1. The van der Waals surface area contributed by atoms with Crippen LogP contribution < -0.4 is 21.1 Å². The molecule has 0 radical (unpaired) electrons. The Morgan fingerprint density at radius 1 is 1.34 bits per heavy atom. The van der Waals surface area contributed by atoms with E-state index in [0.717, 1.165) is 48.2 Å². The zero-order valence-electron chi connectivity index (χ0n) is 17.6. The normalized spacial score (nSPS) is 16.7. The molecule has 1 fully saturated rings. The summed E-state index contributed by atoms with van der Waals surface area (Å²) in [7, 11) is 0. The summed E-state index contributed by atoms with van der Waals surface area (Å²) in [5.41, 5.74) is 7.28. The van der Waals surface area contributed by atoms with Crippen molar-refractivity contribution in [3.63, 3.8) is 0 Å². The molecular weight excluding hydrogens is 431 g/mol. The number of alkyl halides is 3. The van der Waals surface area contributed by atoms with Gasteiger partial charge in [0.05, 0.1) is 17.8 Å². The molecule has 0 unspecified atom stereocenters. The SMILES string of the molecule is Cc1noc(C)c1CN1CC[C@@H](NC(=O)CNC(=O)c2cc(OC(F)(F)F)ccc2N)C1. The molecular formula is C20H24F3N5O4. The van der Waals surface area contributed by atoms with Crippen molar-refractivity contribution in [3.8, 4) is 5.75 Å². The van der Waals surface area contributed by atoms with Crippen LogP contribution in [0.5, 0.6) is 5.75 Å². The topological polar surface area (TPSA) is 123 Å². The Labute approximate surface area is 182 Å². The third kappa shape index (κ3) is 6.13. The van der Waals surface area contributed by atoms with Crippen LogP contribution in [0.25, 0.3) is 0 Å². The average molecular weight is 455 g/mol. The third-order valence-electron chi connectivity index (χ3n) is 5.11. The monoisotopic (exact) mass is 455 g/mol. The molecule has 174 valence electrons. The number of ether oxygens (including phenoxy) is 1. The number of nitrogens with two attached hydrogens (primary N) is 1. The van der Waals surface area contributed by atoms with E-state index >= 15 is 0 Å². The summed E-state index contributed by atoms with van der Waals surface area (Å²) in [6.45, 7) is 5.47. The lowest BCUT2D eigenvalue weighted by Gasteiger charge is -2.17. The minimum absolute atomic E-state index is 0.0387. The van der Waals surface area contributed by atoms with E-state index in [1.807, 2.05) is 13.8 Å². The number of carbonyl (C=O) groups is 2. The van der Waals surface area contributed by atoms with Crippen LogP contribution in [0.2, 0.25) is 0 Å². The average Bonchev–Trinajstić information content (AvgIpc) is 3.28. The summed E-state index contributed by atoms with van der Waals surface area (Å²) < 4.78 is 46.1. The van der Waals surface area contributed by atoms with Crippen LogP contribution in [0.3, 0.4) is 0 Å². The van der Waals surface area contributed by atoms with Crippen molar-refractivity contribution in [2.45, 2.75) is 39.2 Å². The Kier molecular flexibility index (Phi) is 6.92. The summed E-state index contributed by atoms with van der Waals surface area (Å²) in [5.74, 6) is -1.01. The zero-order chi connectivity index (χ0) is 23.5. The van der Waals surface area contributed by atoms with Gasteiger partial charge >= 0.3 is 6.36 Å². The highest BCUT2D eigenvalue weighted by molar-refractivity contribution is 6.01. The van der Waals surface area contributed by atoms with Crippen LogP contribution in [0.1, 0.15) is 33.8 Å². The number of nitrogens with one attached hydrogen (secondary N) is 2. The zero-order valence-corrected chi connectivity index (χ0v) is 17.6. The molecule has 1 aromatic heterocycles. The van der Waals surface area contributed by atoms with E-state index in [0.29, 0.717) is 13.1 Å². The van der Waals surface area contributed by atoms with Crippen LogP contribution in [0, 0.1) is 13.8 Å². The van der Waals surface area contributed by atoms with Crippen molar-refractivity contribution in [2.75, 3.05) is 25.4 Å². The summed E-state index contributed by atoms with van der Waals surface area (Å²) in [6.07, 6.45) is -4.16. The lowest BCUT2D eigenvalue weighted by molar-refractivity contribution is -0.274. The molecule has 3 rings (SSSR count). The minimum Gasteiger partial charge on any atom is -0.406 e. The fraction of sp³-hybridized carbons (Fsp3) is 0.450. The predicted octanol–water partition coefficient (Wildman–Crippen LogP) is 1.89. The van der Waals surface area contributed by atoms with Gasteiger partial charge in [-0.05, 0) is 38.5 Å². The lowest BCUT2D eigenvalue weighted by atomic mass is 10.1. The van der Waals surface area contributed by atoms with Crippen LogP contribution in [0.15, 0.2) is 22.7 Å². The van der Waals surface area contributed by atoms with E-state index in [4.69, 9.17) is 10.3 Å². The standard InChI is InChI=1S/C20H24F3N5O4/c1-11-16(12(2)32-27-11)10-28-6-5-13(9-28)26-18(29)8-25-19(30)15-7-14(3-4-17(15)24)31-20(21,22)23/h3-4,7,13H,5-6,8-10,24H2,1-2H3,(H,25,30)(H,26,29)/t13-/m1/s1. The smallest absolute Gasteiger partial charge is 0.406 e. The molecule has 1 atom stereocenters. The fourth-order valence-electron chi connectivity index (χ4n) is 3.51. The molecule has 1 aliphatic rings. The first-order valence-corrected chi connectivity index (χ1v) is 9.88. The molecule has 0 aliphatic carbocycles. The van der Waals surface area contributed by atoms with E-state index < -0.39 is 23.9 Å². The minimum atomic E-state index is -4.90. The second kappa shape index (κ2) is 9.47. The Balaban J connectivity index is 1.48. The first kappa shape index (κ1) is 23.4. The van der Waals surface area contributed by atoms with Gasteiger partial charge < -0.3 is 25.6 Å². The molecule has 2 heterocycles. The number of hydrogen-bond donors (Lipinski definition) is 3. The highest BCUT2D eigenvalue weighted by atomic mass is 19.4. The van der Waals surface area contributed by atoms with E-state index in [1.165, 1.54) is 0 Å². The summed E-state index contributed by atoms with van der Waals surface area (Å²) in [4.78, 5) is 26.7. The van der Waals surface area contributed by atoms with Crippen LogP contribution >= 0.6 is 0 Å². The number of halogens is 3. The van der Waals surface area contributed by atoms with Crippen molar-refractivity contribution >= 4 is 17.5 Å². The number of amides is 2. The van der Waals surface area contributed by atoms with Crippen molar-refractivity contribution in [1.29, 1.82) is 0 Å². The molecule has 1 aliphatic heterocycles. The van der Waals surface area contributed by atoms with Gasteiger partial charge in [-0.2, -0.15) is 0 Å². The molecule has 4 N–H and O–H groups in total. The number of rotatable bonds is 7. The van der Waals surface area contributed by atoms with E-state index in [9.17, 15) is 22.8 Å². The van der Waals surface area contributed by atoms with Gasteiger partial charge in [0.25, 0.3) is 5.91 Å². The summed E-state index contributed by atoms with van der Waals surface area (Å²) in [5, 5.41) is 9.14. The van der Waals surface area contributed by atoms with Gasteiger partial charge in [-0.1, -0.05) is 5.16 Å². The largest absolute Gasteiger partial charge is 0.573 e. The highest BCUT2D eigenvalue weighted by Crippen LogP contribution is 2.26. The quantitative estimate of drug-likeness (QED) is 0.545. The highest BCUT2D eigenvalue weighted by Gasteiger charge is 2.31. The van der Waals surface area contributed by atoms with Gasteiger partial charge in [-0.15, -0.1) is 13.2 Å². The number of aryl methyl sites for hydroxylation is 2. The van der Waals surface area contributed by atoms with E-state index in [1.54, 1.807) is 0 Å². The van der Waals surface area contributed by atoms with E-state index in [-0.39, 0.29) is 23.8 Å². The Morgan fingerprint density at radius 2 is 2.09 bits per heavy atom. The predicted molar refractivity (Wildman–Crippen MR) is 108 cm³/mol. The van der Waals surface area contributed by atoms with E-state index in [2.05, 4.69) is 25.4 Å². The van der Waals surface area contributed by atoms with Gasteiger partial charge in [0.2, 0.25) is 5.91 Å². The van der Waals surface area contributed by atoms with Gasteiger partial charge in [-0.3, -0.25) is 14.5 Å². The second-order valence-corrected chi connectivity index (χ2v) is 7.57. The molecule has 1 saturated heterocycles. The molecule has 0 saturated carbocycles. The molecule has 1 aromatic carbocycles. The number of benzene rings is 1. The number of hydrogen-bond acceptors (Lipinski definition) is 7. The Hall–Kier alpha value is -3.28. The summed E-state index contributed by atoms with van der Waals surface area (Å²) >= 11 is 0. The molecule has 12 heteroatoms. The van der Waals surface area contributed by atoms with Crippen molar-refractivity contribution in [3.05, 3.63) is 40.8 Å². The molecule has 0 bridgehead atoms. The number of carbonyl (C=O) groups excluding carboxylic acids is 2. The van der Waals surface area contributed by atoms with Crippen molar-refractivity contribution in [1.82, 2.24) is 20.7 Å². The third-order valence-corrected chi connectivity index (χ3v) is 5.11. The second-order valence-electron chi connectivity index (χ2n) is 7.57. The van der Waals surface area contributed by atoms with Gasteiger partial charge in [0.15, 0.2) is 0 Å². The van der Waals surface area contributed by atoms with Crippen molar-refractivity contribution < 1.29 is 32.0 Å². The first-order chi connectivity index (χ1) is 15.0. The van der Waals surface area contributed by atoms with Gasteiger partial charge in [0, 0.05) is 36.9 Å². The number of anilines is 1. The van der Waals surface area contributed by atoms with Crippen molar-refractivity contribution in [2.24, 2.45) is 0 Å². The number of likely N-dealkylation sites (tertiary alicyclic amines) is 1. The lowest BCUT2D eigenvalue weighted by Crippen LogP contribution is -2.43. The maximum atomic E-state index is 12.4.